The van der Waals surface area contributed by atoms with Gasteiger partial charge in [-0.2, -0.15) is 0 Å². The fourth-order valence-electron chi connectivity index (χ4n) is 2.27. The van der Waals surface area contributed by atoms with Gasteiger partial charge < -0.3 is 10.1 Å². The summed E-state index contributed by atoms with van der Waals surface area (Å²) in [5.74, 6) is 0.0159. The molecule has 0 spiro atoms. The van der Waals surface area contributed by atoms with Crippen molar-refractivity contribution in [3.05, 3.63) is 57.0 Å². The van der Waals surface area contributed by atoms with Gasteiger partial charge in [0.05, 0.1) is 12.8 Å². The van der Waals surface area contributed by atoms with Crippen molar-refractivity contribution in [2.24, 2.45) is 0 Å². The van der Waals surface area contributed by atoms with Crippen molar-refractivity contribution in [3.8, 4) is 5.75 Å². The van der Waals surface area contributed by atoms with Crippen LogP contribution in [0.2, 0.25) is 0 Å². The summed E-state index contributed by atoms with van der Waals surface area (Å²) < 4.78 is 6.66. The predicted octanol–water partition coefficient (Wildman–Crippen LogP) is 2.63. The summed E-state index contributed by atoms with van der Waals surface area (Å²) in [6.45, 7) is 3.76. The highest BCUT2D eigenvalue weighted by Crippen LogP contribution is 2.23. The zero-order valence-electron chi connectivity index (χ0n) is 12.9. The highest BCUT2D eigenvalue weighted by atomic mass is 32.1. The summed E-state index contributed by atoms with van der Waals surface area (Å²) in [4.78, 5) is 30.8. The van der Waals surface area contributed by atoms with Crippen LogP contribution in [0.5, 0.6) is 5.75 Å². The van der Waals surface area contributed by atoms with Gasteiger partial charge in [-0.15, -0.1) is 11.3 Å². The fourth-order valence-corrected chi connectivity index (χ4v) is 3.20. The molecule has 0 saturated carbocycles. The number of fused-ring (bicyclic) bond motifs is 1. The number of aryl methyl sites for hydroxylation is 2. The first-order chi connectivity index (χ1) is 11.0. The van der Waals surface area contributed by atoms with Crippen LogP contribution in [0.3, 0.4) is 0 Å². The van der Waals surface area contributed by atoms with E-state index >= 15 is 0 Å². The number of hydrogen-bond donors (Lipinski definition) is 1. The van der Waals surface area contributed by atoms with Crippen LogP contribution in [-0.4, -0.2) is 22.4 Å². The molecule has 0 unspecified atom stereocenters. The van der Waals surface area contributed by atoms with Crippen molar-refractivity contribution in [1.82, 2.24) is 9.38 Å². The maximum atomic E-state index is 12.6. The minimum Gasteiger partial charge on any atom is -0.495 e. The minimum atomic E-state index is -0.510. The molecule has 0 aliphatic carbocycles. The Balaban J connectivity index is 2.03. The molecule has 0 radical (unpaired) electrons. The van der Waals surface area contributed by atoms with Crippen LogP contribution in [-0.2, 0) is 0 Å². The molecule has 0 saturated heterocycles. The molecule has 0 fully saturated rings. The maximum absolute atomic E-state index is 12.6. The summed E-state index contributed by atoms with van der Waals surface area (Å²) in [7, 11) is 1.52. The molecule has 7 heteroatoms. The lowest BCUT2D eigenvalue weighted by atomic mass is 10.2. The average molecular weight is 329 g/mol. The lowest BCUT2D eigenvalue weighted by molar-refractivity contribution is 0.102. The number of benzene rings is 1. The Morgan fingerprint density at radius 1 is 1.30 bits per heavy atom. The van der Waals surface area contributed by atoms with Crippen molar-refractivity contribution in [2.45, 2.75) is 13.8 Å². The Hall–Kier alpha value is -2.67. The van der Waals surface area contributed by atoms with Crippen LogP contribution in [0.25, 0.3) is 4.96 Å². The number of rotatable bonds is 3. The number of nitrogens with zero attached hydrogens (tertiary/aromatic N) is 2. The van der Waals surface area contributed by atoms with Gasteiger partial charge in [0, 0.05) is 16.8 Å². The van der Waals surface area contributed by atoms with Crippen LogP contribution in [0, 0.1) is 13.8 Å². The molecular weight excluding hydrogens is 314 g/mol. The van der Waals surface area contributed by atoms with Gasteiger partial charge in [-0.3, -0.25) is 14.0 Å². The molecule has 0 bridgehead atoms. The smallest absolute Gasteiger partial charge is 0.271 e. The van der Waals surface area contributed by atoms with Gasteiger partial charge in [0.25, 0.3) is 11.5 Å². The summed E-state index contributed by atoms with van der Waals surface area (Å²) in [5, 5.41) is 2.70. The molecule has 1 amide bonds. The van der Waals surface area contributed by atoms with E-state index in [0.717, 1.165) is 10.6 Å². The first-order valence-electron chi connectivity index (χ1n) is 6.95. The zero-order chi connectivity index (χ0) is 16.6. The number of para-hydroxylation sites is 2. The quantitative estimate of drug-likeness (QED) is 0.802. The molecule has 1 N–H and O–H groups in total. The van der Waals surface area contributed by atoms with Crippen LogP contribution >= 0.6 is 11.3 Å². The number of amides is 1. The minimum absolute atomic E-state index is 0.00527. The van der Waals surface area contributed by atoms with Crippen LogP contribution in [0.15, 0.2) is 35.3 Å². The second-order valence-corrected chi connectivity index (χ2v) is 6.17. The number of nitrogens with one attached hydrogen (secondary N) is 1. The third kappa shape index (κ3) is 2.59. The third-order valence-electron chi connectivity index (χ3n) is 3.62. The standard InChI is InChI=1S/C16H15N3O3S/c1-9-10(2)23-16-17-8-11(15(21)19(9)16)14(20)18-12-6-4-5-7-13(12)22-3/h4-8H,1-3H3,(H,18,20). The van der Waals surface area contributed by atoms with Gasteiger partial charge in [-0.05, 0) is 26.0 Å². The molecule has 0 atom stereocenters. The summed E-state index contributed by atoms with van der Waals surface area (Å²) in [5.41, 5.74) is 0.927. The van der Waals surface area contributed by atoms with Gasteiger partial charge in [0.2, 0.25) is 0 Å². The molecule has 0 aliphatic rings. The Morgan fingerprint density at radius 2 is 2.04 bits per heavy atom. The van der Waals surface area contributed by atoms with E-state index < -0.39 is 5.91 Å². The summed E-state index contributed by atoms with van der Waals surface area (Å²) in [6, 6.07) is 7.02. The van der Waals surface area contributed by atoms with Crippen molar-refractivity contribution >= 4 is 27.9 Å². The van der Waals surface area contributed by atoms with Gasteiger partial charge in [-0.25, -0.2) is 4.98 Å². The molecule has 23 heavy (non-hydrogen) atoms. The SMILES string of the molecule is COc1ccccc1NC(=O)c1cnc2sc(C)c(C)n2c1=O. The van der Waals surface area contributed by atoms with Crippen molar-refractivity contribution in [2.75, 3.05) is 12.4 Å². The second kappa shape index (κ2) is 5.85. The maximum Gasteiger partial charge on any atom is 0.271 e. The topological polar surface area (TPSA) is 72.7 Å². The summed E-state index contributed by atoms with van der Waals surface area (Å²) in [6.07, 6.45) is 1.32. The van der Waals surface area contributed by atoms with E-state index in [2.05, 4.69) is 10.3 Å². The second-order valence-electron chi connectivity index (χ2n) is 4.99. The molecule has 2 heterocycles. The van der Waals surface area contributed by atoms with Crippen LogP contribution in [0.4, 0.5) is 5.69 Å². The molecule has 118 valence electrons. The lowest BCUT2D eigenvalue weighted by Crippen LogP contribution is -2.26. The Kier molecular flexibility index (Phi) is 3.87. The first kappa shape index (κ1) is 15.2. The number of carbonyl (C=O) groups excluding carboxylic acids is 1. The third-order valence-corrected chi connectivity index (χ3v) is 4.69. The Morgan fingerprint density at radius 3 is 2.78 bits per heavy atom. The van der Waals surface area contributed by atoms with Gasteiger partial charge in [0.15, 0.2) is 4.96 Å². The van der Waals surface area contributed by atoms with Crippen molar-refractivity contribution in [3.63, 3.8) is 0 Å². The van der Waals surface area contributed by atoms with Gasteiger partial charge in [0.1, 0.15) is 11.3 Å². The summed E-state index contributed by atoms with van der Waals surface area (Å²) >= 11 is 1.42. The average Bonchev–Trinajstić information content (AvgIpc) is 2.83. The monoisotopic (exact) mass is 329 g/mol. The molecule has 3 rings (SSSR count). The van der Waals surface area contributed by atoms with E-state index in [9.17, 15) is 9.59 Å². The first-order valence-corrected chi connectivity index (χ1v) is 7.76. The van der Waals surface area contributed by atoms with E-state index in [1.165, 1.54) is 29.0 Å². The fraction of sp³-hybridized carbons (Fsp3) is 0.188. The largest absolute Gasteiger partial charge is 0.495 e. The van der Waals surface area contributed by atoms with Gasteiger partial charge in [-0.1, -0.05) is 12.1 Å². The number of hydrogen-bond acceptors (Lipinski definition) is 5. The lowest BCUT2D eigenvalue weighted by Gasteiger charge is -2.09. The normalized spacial score (nSPS) is 10.7. The zero-order valence-corrected chi connectivity index (χ0v) is 13.7. The molecular formula is C16H15N3O3S. The van der Waals surface area contributed by atoms with E-state index in [-0.39, 0.29) is 11.1 Å². The number of methoxy groups -OCH3 is 1. The number of carbonyl (C=O) groups is 1. The van der Waals surface area contributed by atoms with Crippen molar-refractivity contribution in [1.29, 1.82) is 0 Å². The number of anilines is 1. The number of ether oxygens (including phenoxy) is 1. The van der Waals surface area contributed by atoms with Gasteiger partial charge >= 0.3 is 0 Å². The highest BCUT2D eigenvalue weighted by Gasteiger charge is 2.17. The van der Waals surface area contributed by atoms with E-state index in [0.29, 0.717) is 16.4 Å². The van der Waals surface area contributed by atoms with E-state index in [1.54, 1.807) is 24.3 Å². The molecule has 0 aliphatic heterocycles. The van der Waals surface area contributed by atoms with Crippen LogP contribution < -0.4 is 15.6 Å². The van der Waals surface area contributed by atoms with E-state index in [4.69, 9.17) is 4.74 Å². The number of aromatic nitrogens is 2. The molecule has 3 aromatic rings. The van der Waals surface area contributed by atoms with E-state index in [1.807, 2.05) is 13.8 Å². The number of thiazole rings is 1. The van der Waals surface area contributed by atoms with Crippen molar-refractivity contribution < 1.29 is 9.53 Å². The highest BCUT2D eigenvalue weighted by molar-refractivity contribution is 7.17. The molecule has 1 aromatic carbocycles. The Labute approximate surface area is 136 Å². The van der Waals surface area contributed by atoms with Crippen LogP contribution in [0.1, 0.15) is 20.9 Å². The molecule has 6 nitrogen and oxygen atoms in total. The molecule has 2 aromatic heterocycles. The predicted molar refractivity (Wildman–Crippen MR) is 89.8 cm³/mol. The Bertz CT molecular complexity index is 959.